The number of anilines is 1. The second-order valence-corrected chi connectivity index (χ2v) is 4.80. The first-order chi connectivity index (χ1) is 10.1. The van der Waals surface area contributed by atoms with Gasteiger partial charge in [-0.25, -0.2) is 0 Å². The number of aryl methyl sites for hydroxylation is 1. The molecular weight excluding hydrogens is 288 g/mol. The van der Waals surface area contributed by atoms with Gasteiger partial charge in [0.25, 0.3) is 5.91 Å². The van der Waals surface area contributed by atoms with Gasteiger partial charge in [-0.2, -0.15) is 0 Å². The molecule has 0 fully saturated rings. The molecule has 0 saturated heterocycles. The molecule has 110 valence electrons. The van der Waals surface area contributed by atoms with Crippen LogP contribution < -0.4 is 10.1 Å². The summed E-state index contributed by atoms with van der Waals surface area (Å²) < 4.78 is 5.48. The molecule has 1 amide bonds. The predicted molar refractivity (Wildman–Crippen MR) is 84.1 cm³/mol. The summed E-state index contributed by atoms with van der Waals surface area (Å²) >= 11 is 5.91. The monoisotopic (exact) mass is 304 g/mol. The van der Waals surface area contributed by atoms with Crippen LogP contribution in [0.3, 0.4) is 0 Å². The number of benzene rings is 1. The smallest absolute Gasteiger partial charge is 0.257 e. The van der Waals surface area contributed by atoms with Gasteiger partial charge in [-0.1, -0.05) is 0 Å². The summed E-state index contributed by atoms with van der Waals surface area (Å²) in [6.07, 6.45) is 1.56. The van der Waals surface area contributed by atoms with Crippen LogP contribution in [-0.2, 0) is 5.88 Å². The predicted octanol–water partition coefficient (Wildman–Crippen LogP) is 3.78. The Kier molecular flexibility index (Phi) is 5.17. The van der Waals surface area contributed by atoms with Crippen LogP contribution in [0.5, 0.6) is 5.75 Å². The maximum absolute atomic E-state index is 12.1. The Balaban J connectivity index is 2.15. The number of pyridine rings is 1. The van der Waals surface area contributed by atoms with Crippen LogP contribution in [0.1, 0.15) is 28.5 Å². The molecule has 2 aromatic rings. The van der Waals surface area contributed by atoms with E-state index in [2.05, 4.69) is 10.3 Å². The minimum atomic E-state index is -0.202. The van der Waals surface area contributed by atoms with E-state index in [0.29, 0.717) is 23.7 Å². The number of aromatic nitrogens is 1. The minimum absolute atomic E-state index is 0.202. The summed E-state index contributed by atoms with van der Waals surface area (Å²) in [5.41, 5.74) is 2.91. The van der Waals surface area contributed by atoms with E-state index in [4.69, 9.17) is 16.3 Å². The number of rotatable bonds is 5. The Morgan fingerprint density at radius 1 is 1.33 bits per heavy atom. The van der Waals surface area contributed by atoms with Crippen LogP contribution in [0.4, 0.5) is 5.69 Å². The van der Waals surface area contributed by atoms with Gasteiger partial charge in [0, 0.05) is 23.1 Å². The maximum atomic E-state index is 12.1. The van der Waals surface area contributed by atoms with Gasteiger partial charge in [0.2, 0.25) is 0 Å². The molecule has 4 nitrogen and oxygen atoms in total. The lowest BCUT2D eigenvalue weighted by atomic mass is 10.2. The summed E-state index contributed by atoms with van der Waals surface area (Å²) in [6.45, 7) is 4.36. The SMILES string of the molecule is CCOc1ccc(NC(=O)c2ccc(C)nc2)cc1CCl. The average molecular weight is 305 g/mol. The largest absolute Gasteiger partial charge is 0.494 e. The zero-order valence-corrected chi connectivity index (χ0v) is 12.8. The third kappa shape index (κ3) is 3.95. The Labute approximate surface area is 129 Å². The Bertz CT molecular complexity index is 627. The molecule has 2 rings (SSSR count). The van der Waals surface area contributed by atoms with Crippen LogP contribution in [0, 0.1) is 6.92 Å². The number of carbonyl (C=O) groups is 1. The normalized spacial score (nSPS) is 10.2. The van der Waals surface area contributed by atoms with E-state index in [1.54, 1.807) is 24.4 Å². The van der Waals surface area contributed by atoms with E-state index in [9.17, 15) is 4.79 Å². The first kappa shape index (κ1) is 15.3. The van der Waals surface area contributed by atoms with Crippen molar-refractivity contribution in [2.45, 2.75) is 19.7 Å². The molecule has 0 aliphatic rings. The van der Waals surface area contributed by atoms with Crippen molar-refractivity contribution in [3.8, 4) is 5.75 Å². The number of nitrogens with zero attached hydrogens (tertiary/aromatic N) is 1. The zero-order valence-electron chi connectivity index (χ0n) is 12.0. The van der Waals surface area contributed by atoms with Crippen molar-refractivity contribution in [1.29, 1.82) is 0 Å². The lowest BCUT2D eigenvalue weighted by Crippen LogP contribution is -2.12. The van der Waals surface area contributed by atoms with E-state index >= 15 is 0 Å². The molecule has 1 aromatic heterocycles. The molecule has 0 aliphatic heterocycles. The minimum Gasteiger partial charge on any atom is -0.494 e. The lowest BCUT2D eigenvalue weighted by Gasteiger charge is -2.11. The standard InChI is InChI=1S/C16H17ClN2O2/c1-3-21-15-7-6-14(8-13(15)9-17)19-16(20)12-5-4-11(2)18-10-12/h4-8,10H,3,9H2,1-2H3,(H,19,20). The first-order valence-electron chi connectivity index (χ1n) is 6.69. The average Bonchev–Trinajstić information content (AvgIpc) is 2.49. The third-order valence-electron chi connectivity index (χ3n) is 2.94. The number of nitrogens with one attached hydrogen (secondary N) is 1. The highest BCUT2D eigenvalue weighted by atomic mass is 35.5. The summed E-state index contributed by atoms with van der Waals surface area (Å²) in [7, 11) is 0. The van der Waals surface area contributed by atoms with Crippen molar-refractivity contribution in [2.24, 2.45) is 0 Å². The van der Waals surface area contributed by atoms with Gasteiger partial charge < -0.3 is 10.1 Å². The fraction of sp³-hybridized carbons (Fsp3) is 0.250. The summed E-state index contributed by atoms with van der Waals surface area (Å²) in [5, 5.41) is 2.83. The highest BCUT2D eigenvalue weighted by Crippen LogP contribution is 2.24. The Morgan fingerprint density at radius 3 is 2.76 bits per heavy atom. The van der Waals surface area contributed by atoms with Crippen LogP contribution in [0.2, 0.25) is 0 Å². The van der Waals surface area contributed by atoms with Crippen molar-refractivity contribution < 1.29 is 9.53 Å². The fourth-order valence-electron chi connectivity index (χ4n) is 1.86. The summed E-state index contributed by atoms with van der Waals surface area (Å²) in [4.78, 5) is 16.2. The van der Waals surface area contributed by atoms with Gasteiger partial charge in [-0.05, 0) is 44.2 Å². The molecule has 0 radical (unpaired) electrons. The molecule has 1 heterocycles. The van der Waals surface area contributed by atoms with Gasteiger partial charge in [0.15, 0.2) is 0 Å². The number of halogens is 1. The van der Waals surface area contributed by atoms with Crippen LogP contribution in [0.15, 0.2) is 36.5 Å². The Morgan fingerprint density at radius 2 is 2.14 bits per heavy atom. The molecule has 1 N–H and O–H groups in total. The topological polar surface area (TPSA) is 51.2 Å². The number of hydrogen-bond acceptors (Lipinski definition) is 3. The van der Waals surface area contributed by atoms with E-state index in [-0.39, 0.29) is 5.91 Å². The maximum Gasteiger partial charge on any atom is 0.257 e. The zero-order chi connectivity index (χ0) is 15.2. The van der Waals surface area contributed by atoms with Crippen molar-refractivity contribution in [3.05, 3.63) is 53.3 Å². The second-order valence-electron chi connectivity index (χ2n) is 4.53. The molecule has 5 heteroatoms. The van der Waals surface area contributed by atoms with E-state index in [0.717, 1.165) is 17.0 Å². The summed E-state index contributed by atoms with van der Waals surface area (Å²) in [6, 6.07) is 8.97. The van der Waals surface area contributed by atoms with Crippen molar-refractivity contribution in [2.75, 3.05) is 11.9 Å². The molecule has 0 bridgehead atoms. The van der Waals surface area contributed by atoms with Crippen molar-refractivity contribution in [1.82, 2.24) is 4.98 Å². The molecule has 0 atom stereocenters. The second kappa shape index (κ2) is 7.09. The molecule has 1 aromatic carbocycles. The summed E-state index contributed by atoms with van der Waals surface area (Å²) in [5.74, 6) is 0.861. The number of carbonyl (C=O) groups excluding carboxylic acids is 1. The number of hydrogen-bond donors (Lipinski definition) is 1. The van der Waals surface area contributed by atoms with Gasteiger partial charge in [-0.3, -0.25) is 9.78 Å². The van der Waals surface area contributed by atoms with Crippen LogP contribution in [-0.4, -0.2) is 17.5 Å². The lowest BCUT2D eigenvalue weighted by molar-refractivity contribution is 0.102. The number of amides is 1. The molecule has 0 unspecified atom stereocenters. The number of ether oxygens (including phenoxy) is 1. The molecule has 0 spiro atoms. The van der Waals surface area contributed by atoms with Crippen LogP contribution in [0.25, 0.3) is 0 Å². The van der Waals surface area contributed by atoms with Gasteiger partial charge in [-0.15, -0.1) is 11.6 Å². The highest BCUT2D eigenvalue weighted by Gasteiger charge is 2.09. The van der Waals surface area contributed by atoms with Gasteiger partial charge >= 0.3 is 0 Å². The highest BCUT2D eigenvalue weighted by molar-refractivity contribution is 6.17. The molecule has 0 saturated carbocycles. The van der Waals surface area contributed by atoms with Crippen LogP contribution >= 0.6 is 11.6 Å². The fourth-order valence-corrected chi connectivity index (χ4v) is 2.07. The quantitative estimate of drug-likeness (QED) is 0.855. The van der Waals surface area contributed by atoms with E-state index in [1.165, 1.54) is 0 Å². The molecular formula is C16H17ClN2O2. The van der Waals surface area contributed by atoms with Gasteiger partial charge in [0.05, 0.1) is 18.1 Å². The Hall–Kier alpha value is -2.07. The first-order valence-corrected chi connectivity index (χ1v) is 7.23. The van der Waals surface area contributed by atoms with E-state index < -0.39 is 0 Å². The van der Waals surface area contributed by atoms with Crippen molar-refractivity contribution in [3.63, 3.8) is 0 Å². The molecule has 21 heavy (non-hydrogen) atoms. The third-order valence-corrected chi connectivity index (χ3v) is 3.22. The van der Waals surface area contributed by atoms with Crippen molar-refractivity contribution >= 4 is 23.2 Å². The van der Waals surface area contributed by atoms with Gasteiger partial charge in [0.1, 0.15) is 5.75 Å². The van der Waals surface area contributed by atoms with E-state index in [1.807, 2.05) is 26.0 Å². The number of alkyl halides is 1. The molecule has 0 aliphatic carbocycles.